The highest BCUT2D eigenvalue weighted by Gasteiger charge is 2.10. The molecule has 0 amide bonds. The topological polar surface area (TPSA) is 30.8 Å². The average Bonchev–Trinajstić information content (AvgIpc) is 2.71. The molecule has 0 aromatic heterocycles. The van der Waals surface area contributed by atoms with Gasteiger partial charge in [-0.2, -0.15) is 0 Å². The van der Waals surface area contributed by atoms with Crippen LogP contribution in [-0.2, 0) is 11.2 Å². The SMILES string of the molecule is C=CC(/C(=C/C(C)Cc1ccc(OCCCC)cc1)OCC)=C(/C)N=C.CC.[HH]. The molecule has 0 N–H and O–H groups in total. The maximum atomic E-state index is 5.82. The van der Waals surface area contributed by atoms with Crippen LogP contribution in [0.2, 0.25) is 0 Å². The van der Waals surface area contributed by atoms with Gasteiger partial charge in [0.15, 0.2) is 0 Å². The summed E-state index contributed by atoms with van der Waals surface area (Å²) in [5.41, 5.74) is 2.99. The maximum Gasteiger partial charge on any atom is 0.124 e. The molecule has 3 nitrogen and oxygen atoms in total. The Bertz CT molecular complexity index is 633. The predicted molar refractivity (Wildman–Crippen MR) is 125 cm³/mol. The normalized spacial score (nSPS) is 12.9. The first-order chi connectivity index (χ1) is 13.5. The van der Waals surface area contributed by atoms with Crippen LogP contribution in [0.3, 0.4) is 0 Å². The quantitative estimate of drug-likeness (QED) is 0.162. The molecule has 1 rings (SSSR count). The summed E-state index contributed by atoms with van der Waals surface area (Å²) in [5, 5.41) is 0. The van der Waals surface area contributed by atoms with Gasteiger partial charge >= 0.3 is 0 Å². The van der Waals surface area contributed by atoms with Gasteiger partial charge in [0.05, 0.1) is 13.2 Å². The molecule has 0 aliphatic heterocycles. The highest BCUT2D eigenvalue weighted by Crippen LogP contribution is 2.22. The molecule has 28 heavy (non-hydrogen) atoms. The van der Waals surface area contributed by atoms with E-state index in [4.69, 9.17) is 9.47 Å². The van der Waals surface area contributed by atoms with Gasteiger partial charge in [0.25, 0.3) is 0 Å². The van der Waals surface area contributed by atoms with Crippen LogP contribution in [0.15, 0.2) is 65.0 Å². The monoisotopic (exact) mass is 387 g/mol. The molecular weight excluding hydrogens is 346 g/mol. The Balaban J connectivity index is 0. The van der Waals surface area contributed by atoms with Crippen molar-refractivity contribution in [3.63, 3.8) is 0 Å². The Morgan fingerprint density at radius 1 is 1.21 bits per heavy atom. The zero-order chi connectivity index (χ0) is 21.4. The van der Waals surface area contributed by atoms with Crippen LogP contribution in [-0.4, -0.2) is 19.9 Å². The first-order valence-electron chi connectivity index (χ1n) is 10.4. The van der Waals surface area contributed by atoms with Crippen molar-refractivity contribution < 1.29 is 10.9 Å². The molecule has 1 aromatic carbocycles. The molecule has 3 heteroatoms. The molecular formula is C25H41NO2. The van der Waals surface area contributed by atoms with E-state index in [2.05, 4.69) is 50.3 Å². The third kappa shape index (κ3) is 9.59. The van der Waals surface area contributed by atoms with Crippen LogP contribution in [0.5, 0.6) is 5.75 Å². The number of ether oxygens (including phenoxy) is 2. The standard InChI is InChI=1S/C23H33NO2.C2H6.H2/c1-7-10-15-26-21-13-11-20(12-14-21)16-18(4)17-23(25-9-3)22(8-2)19(5)24-6;1-2;/h8,11-14,17-18H,2,6-7,9-10,15-16H2,1,3-5H3;1-2H3;1H/b22-19+,23-17-;;. The van der Waals surface area contributed by atoms with Crippen molar-refractivity contribution in [2.24, 2.45) is 10.9 Å². The fourth-order valence-electron chi connectivity index (χ4n) is 2.63. The molecule has 0 bridgehead atoms. The lowest BCUT2D eigenvalue weighted by Crippen LogP contribution is -2.03. The smallest absolute Gasteiger partial charge is 0.124 e. The summed E-state index contributed by atoms with van der Waals surface area (Å²) in [6.45, 7) is 21.1. The fourth-order valence-corrected chi connectivity index (χ4v) is 2.63. The Morgan fingerprint density at radius 2 is 1.86 bits per heavy atom. The van der Waals surface area contributed by atoms with Gasteiger partial charge in [-0.05, 0) is 63.1 Å². The zero-order valence-electron chi connectivity index (χ0n) is 18.8. The Hall–Kier alpha value is -2.29. The van der Waals surface area contributed by atoms with E-state index in [1.807, 2.05) is 39.8 Å². The second kappa shape index (κ2) is 15.7. The van der Waals surface area contributed by atoms with E-state index in [1.165, 1.54) is 5.56 Å². The summed E-state index contributed by atoms with van der Waals surface area (Å²) < 4.78 is 11.5. The first kappa shape index (κ1) is 25.7. The second-order valence-corrected chi connectivity index (χ2v) is 6.35. The van der Waals surface area contributed by atoms with Gasteiger partial charge in [-0.3, -0.25) is 4.99 Å². The Morgan fingerprint density at radius 3 is 2.36 bits per heavy atom. The number of allylic oxidation sites excluding steroid dienone is 3. The van der Waals surface area contributed by atoms with E-state index >= 15 is 0 Å². The van der Waals surface area contributed by atoms with Crippen LogP contribution in [0.4, 0.5) is 0 Å². The molecule has 1 atom stereocenters. The number of nitrogens with zero attached hydrogens (tertiary/aromatic N) is 1. The maximum absolute atomic E-state index is 5.82. The highest BCUT2D eigenvalue weighted by atomic mass is 16.5. The van der Waals surface area contributed by atoms with Crippen LogP contribution >= 0.6 is 0 Å². The average molecular weight is 388 g/mol. The molecule has 0 saturated heterocycles. The zero-order valence-corrected chi connectivity index (χ0v) is 18.8. The molecule has 0 aliphatic rings. The summed E-state index contributed by atoms with van der Waals surface area (Å²) in [7, 11) is 0. The number of benzene rings is 1. The first-order valence-corrected chi connectivity index (χ1v) is 10.4. The molecule has 0 radical (unpaired) electrons. The second-order valence-electron chi connectivity index (χ2n) is 6.35. The molecule has 0 fully saturated rings. The molecule has 158 valence electrons. The molecule has 0 spiro atoms. The van der Waals surface area contributed by atoms with Crippen LogP contribution in [0.25, 0.3) is 0 Å². The minimum absolute atomic E-state index is 0. The summed E-state index contributed by atoms with van der Waals surface area (Å²) in [6, 6.07) is 8.36. The fraction of sp³-hybridized carbons (Fsp3) is 0.480. The number of rotatable bonds is 12. The van der Waals surface area contributed by atoms with E-state index in [0.29, 0.717) is 12.5 Å². The lowest BCUT2D eigenvalue weighted by atomic mass is 9.98. The predicted octanol–water partition coefficient (Wildman–Crippen LogP) is 7.40. The van der Waals surface area contributed by atoms with Crippen molar-refractivity contribution in [1.82, 2.24) is 0 Å². The van der Waals surface area contributed by atoms with Gasteiger partial charge in [-0.15, -0.1) is 0 Å². The third-order valence-electron chi connectivity index (χ3n) is 4.08. The summed E-state index contributed by atoms with van der Waals surface area (Å²) in [5.74, 6) is 2.07. The van der Waals surface area contributed by atoms with E-state index in [1.54, 1.807) is 6.08 Å². The van der Waals surface area contributed by atoms with Crippen molar-refractivity contribution in [3.05, 3.63) is 65.6 Å². The van der Waals surface area contributed by atoms with Gasteiger partial charge in [-0.1, -0.05) is 58.9 Å². The van der Waals surface area contributed by atoms with Crippen LogP contribution in [0, 0.1) is 5.92 Å². The van der Waals surface area contributed by atoms with Crippen molar-refractivity contribution >= 4 is 6.72 Å². The molecule has 1 unspecified atom stereocenters. The van der Waals surface area contributed by atoms with Crippen molar-refractivity contribution in [2.45, 2.75) is 60.8 Å². The van der Waals surface area contributed by atoms with Crippen molar-refractivity contribution in [3.8, 4) is 5.75 Å². The number of aliphatic imine (C=N–C) groups is 1. The van der Waals surface area contributed by atoms with E-state index < -0.39 is 0 Å². The summed E-state index contributed by atoms with van der Waals surface area (Å²) in [4.78, 5) is 4.02. The Kier molecular flexibility index (Phi) is 14.5. The molecule has 1 aromatic rings. The third-order valence-corrected chi connectivity index (χ3v) is 4.08. The van der Waals surface area contributed by atoms with Gasteiger partial charge in [0, 0.05) is 12.7 Å². The van der Waals surface area contributed by atoms with Gasteiger partial charge < -0.3 is 9.47 Å². The van der Waals surface area contributed by atoms with Gasteiger partial charge in [0.2, 0.25) is 0 Å². The minimum atomic E-state index is 0. The molecule has 0 saturated carbocycles. The van der Waals surface area contributed by atoms with Crippen LogP contribution in [0.1, 0.15) is 61.4 Å². The van der Waals surface area contributed by atoms with Crippen LogP contribution < -0.4 is 4.74 Å². The van der Waals surface area contributed by atoms with Crippen molar-refractivity contribution in [2.75, 3.05) is 13.2 Å². The molecule has 0 heterocycles. The molecule has 0 aliphatic carbocycles. The number of hydrogen-bond donors (Lipinski definition) is 0. The van der Waals surface area contributed by atoms with Gasteiger partial charge in [-0.25, -0.2) is 0 Å². The summed E-state index contributed by atoms with van der Waals surface area (Å²) in [6.07, 6.45) is 7.08. The lowest BCUT2D eigenvalue weighted by Gasteiger charge is -2.15. The summed E-state index contributed by atoms with van der Waals surface area (Å²) >= 11 is 0. The largest absolute Gasteiger partial charge is 0.494 e. The van der Waals surface area contributed by atoms with E-state index in [0.717, 1.165) is 48.6 Å². The van der Waals surface area contributed by atoms with Crippen molar-refractivity contribution in [1.29, 1.82) is 0 Å². The Labute approximate surface area is 174 Å². The highest BCUT2D eigenvalue weighted by molar-refractivity contribution is 5.42. The van der Waals surface area contributed by atoms with E-state index in [9.17, 15) is 0 Å². The minimum Gasteiger partial charge on any atom is -0.494 e. The number of unbranched alkanes of at least 4 members (excludes halogenated alkanes) is 1. The lowest BCUT2D eigenvalue weighted by molar-refractivity contribution is 0.235. The van der Waals surface area contributed by atoms with Gasteiger partial charge in [0.1, 0.15) is 11.5 Å². The van der Waals surface area contributed by atoms with E-state index in [-0.39, 0.29) is 1.43 Å². The number of hydrogen-bond acceptors (Lipinski definition) is 3.